The number of hydrogen-bond acceptors (Lipinski definition) is 6. The standard InChI is InChI=1S/C15H24N4O2/c1-20-13-8-10(4-7-12(13)17)15-19-18-14(21-15)9-2-5-11(16)6-3-9/h8-12H,2-7,16-17H2,1H3. The van der Waals surface area contributed by atoms with Gasteiger partial charge in [-0.05, 0) is 44.6 Å². The molecule has 21 heavy (non-hydrogen) atoms. The molecule has 1 fully saturated rings. The summed E-state index contributed by atoms with van der Waals surface area (Å²) in [7, 11) is 1.65. The lowest BCUT2D eigenvalue weighted by Crippen LogP contribution is -2.28. The highest BCUT2D eigenvalue weighted by molar-refractivity contribution is 5.16. The van der Waals surface area contributed by atoms with Crippen LogP contribution in [0.1, 0.15) is 62.1 Å². The van der Waals surface area contributed by atoms with E-state index in [1.54, 1.807) is 7.11 Å². The van der Waals surface area contributed by atoms with Crippen molar-refractivity contribution in [3.05, 3.63) is 23.6 Å². The van der Waals surface area contributed by atoms with E-state index >= 15 is 0 Å². The lowest BCUT2D eigenvalue weighted by molar-refractivity contribution is 0.243. The first-order valence-electron chi connectivity index (χ1n) is 7.77. The summed E-state index contributed by atoms with van der Waals surface area (Å²) in [4.78, 5) is 0. The van der Waals surface area contributed by atoms with Crippen LogP contribution < -0.4 is 11.5 Å². The van der Waals surface area contributed by atoms with E-state index in [0.717, 1.165) is 50.2 Å². The van der Waals surface area contributed by atoms with E-state index in [4.69, 9.17) is 20.6 Å². The molecule has 6 nitrogen and oxygen atoms in total. The van der Waals surface area contributed by atoms with Crippen LogP contribution in [0.5, 0.6) is 0 Å². The number of hydrogen-bond donors (Lipinski definition) is 2. The Labute approximate surface area is 124 Å². The zero-order valence-electron chi connectivity index (χ0n) is 12.5. The second-order valence-electron chi connectivity index (χ2n) is 6.15. The molecular weight excluding hydrogens is 268 g/mol. The smallest absolute Gasteiger partial charge is 0.223 e. The largest absolute Gasteiger partial charge is 0.500 e. The molecule has 0 spiro atoms. The Morgan fingerprint density at radius 1 is 1.05 bits per heavy atom. The van der Waals surface area contributed by atoms with Gasteiger partial charge in [-0.25, -0.2) is 0 Å². The van der Waals surface area contributed by atoms with Gasteiger partial charge in [0.25, 0.3) is 0 Å². The summed E-state index contributed by atoms with van der Waals surface area (Å²) < 4.78 is 11.2. The van der Waals surface area contributed by atoms with E-state index in [0.29, 0.717) is 17.9 Å². The number of allylic oxidation sites excluding steroid dienone is 1. The Bertz CT molecular complexity index is 506. The molecule has 6 heteroatoms. The number of aromatic nitrogens is 2. The minimum atomic E-state index is -0.0199. The fraction of sp³-hybridized carbons (Fsp3) is 0.733. The Hall–Kier alpha value is -1.40. The fourth-order valence-corrected chi connectivity index (χ4v) is 3.25. The van der Waals surface area contributed by atoms with Gasteiger partial charge in [0.05, 0.1) is 19.1 Å². The van der Waals surface area contributed by atoms with Crippen LogP contribution in [0.4, 0.5) is 0 Å². The predicted molar refractivity (Wildman–Crippen MR) is 78.5 cm³/mol. The van der Waals surface area contributed by atoms with Crippen molar-refractivity contribution in [3.8, 4) is 0 Å². The number of rotatable bonds is 3. The minimum Gasteiger partial charge on any atom is -0.500 e. The van der Waals surface area contributed by atoms with Crippen LogP contribution in [0.15, 0.2) is 16.3 Å². The minimum absolute atomic E-state index is 0.0199. The lowest BCUT2D eigenvalue weighted by Gasteiger charge is -2.24. The molecule has 0 amide bonds. The molecule has 1 saturated carbocycles. The van der Waals surface area contributed by atoms with Gasteiger partial charge in [0.15, 0.2) is 0 Å². The van der Waals surface area contributed by atoms with Crippen LogP contribution in [0.25, 0.3) is 0 Å². The number of ether oxygens (including phenoxy) is 1. The van der Waals surface area contributed by atoms with Crippen molar-refractivity contribution in [1.82, 2.24) is 10.2 Å². The summed E-state index contributed by atoms with van der Waals surface area (Å²) in [5.41, 5.74) is 11.9. The third-order valence-corrected chi connectivity index (χ3v) is 4.65. The molecule has 2 aliphatic carbocycles. The van der Waals surface area contributed by atoms with Crippen molar-refractivity contribution in [2.45, 2.75) is 62.4 Å². The third-order valence-electron chi connectivity index (χ3n) is 4.65. The molecule has 4 N–H and O–H groups in total. The van der Waals surface area contributed by atoms with Crippen LogP contribution in [0.3, 0.4) is 0 Å². The highest BCUT2D eigenvalue weighted by Crippen LogP contribution is 2.34. The molecule has 0 radical (unpaired) electrons. The zero-order chi connectivity index (χ0) is 14.8. The second-order valence-corrected chi connectivity index (χ2v) is 6.15. The molecule has 2 unspecified atom stereocenters. The summed E-state index contributed by atoms with van der Waals surface area (Å²) in [6.07, 6.45) is 7.96. The molecule has 3 rings (SSSR count). The van der Waals surface area contributed by atoms with Gasteiger partial charge in [-0.15, -0.1) is 10.2 Å². The van der Waals surface area contributed by atoms with Gasteiger partial charge in [-0.1, -0.05) is 0 Å². The van der Waals surface area contributed by atoms with E-state index in [2.05, 4.69) is 10.2 Å². The van der Waals surface area contributed by atoms with Gasteiger partial charge in [0, 0.05) is 12.0 Å². The van der Waals surface area contributed by atoms with Gasteiger partial charge in [-0.3, -0.25) is 0 Å². The zero-order valence-corrected chi connectivity index (χ0v) is 12.5. The summed E-state index contributed by atoms with van der Waals surface area (Å²) in [5, 5.41) is 8.49. The van der Waals surface area contributed by atoms with E-state index in [9.17, 15) is 0 Å². The fourth-order valence-electron chi connectivity index (χ4n) is 3.25. The molecule has 0 aromatic carbocycles. The molecule has 1 aromatic heterocycles. The molecular formula is C15H24N4O2. The Kier molecular flexibility index (Phi) is 4.26. The van der Waals surface area contributed by atoms with Crippen molar-refractivity contribution < 1.29 is 9.15 Å². The molecule has 1 aromatic rings. The summed E-state index contributed by atoms with van der Waals surface area (Å²) in [5.74, 6) is 2.74. The maximum Gasteiger partial charge on any atom is 0.223 e. The van der Waals surface area contributed by atoms with Crippen LogP contribution in [0.2, 0.25) is 0 Å². The van der Waals surface area contributed by atoms with Crippen molar-refractivity contribution in [3.63, 3.8) is 0 Å². The molecule has 0 saturated heterocycles. The SMILES string of the molecule is COC1=CC(c2nnc(C3CCC(N)CC3)o2)CCC1N. The maximum absolute atomic E-state index is 5.99. The van der Waals surface area contributed by atoms with Gasteiger partial charge in [0.1, 0.15) is 5.76 Å². The molecule has 2 aliphatic rings. The first kappa shape index (κ1) is 14.5. The van der Waals surface area contributed by atoms with Gasteiger partial charge < -0.3 is 20.6 Å². The summed E-state index contributed by atoms with van der Waals surface area (Å²) >= 11 is 0. The van der Waals surface area contributed by atoms with E-state index in [1.807, 2.05) is 6.08 Å². The van der Waals surface area contributed by atoms with Crippen LogP contribution in [-0.4, -0.2) is 29.4 Å². The van der Waals surface area contributed by atoms with Gasteiger partial charge in [-0.2, -0.15) is 0 Å². The second kappa shape index (κ2) is 6.15. The summed E-state index contributed by atoms with van der Waals surface area (Å²) in [6.45, 7) is 0. The van der Waals surface area contributed by atoms with Crippen molar-refractivity contribution in [2.75, 3.05) is 7.11 Å². The lowest BCUT2D eigenvalue weighted by atomic mass is 9.86. The van der Waals surface area contributed by atoms with Crippen LogP contribution >= 0.6 is 0 Å². The average molecular weight is 292 g/mol. The first-order valence-corrected chi connectivity index (χ1v) is 7.77. The molecule has 116 valence electrons. The van der Waals surface area contributed by atoms with Crippen molar-refractivity contribution in [2.24, 2.45) is 11.5 Å². The Morgan fingerprint density at radius 3 is 2.48 bits per heavy atom. The van der Waals surface area contributed by atoms with Gasteiger partial charge >= 0.3 is 0 Å². The Morgan fingerprint density at radius 2 is 1.76 bits per heavy atom. The van der Waals surface area contributed by atoms with Crippen molar-refractivity contribution in [1.29, 1.82) is 0 Å². The topological polar surface area (TPSA) is 100 Å². The molecule has 2 atom stereocenters. The maximum atomic E-state index is 5.99. The van der Waals surface area contributed by atoms with E-state index in [1.165, 1.54) is 0 Å². The number of methoxy groups -OCH3 is 1. The molecule has 1 heterocycles. The highest BCUT2D eigenvalue weighted by Gasteiger charge is 2.28. The van der Waals surface area contributed by atoms with Crippen LogP contribution in [-0.2, 0) is 4.74 Å². The molecule has 0 aliphatic heterocycles. The predicted octanol–water partition coefficient (Wildman–Crippen LogP) is 1.79. The van der Waals surface area contributed by atoms with Gasteiger partial charge in [0.2, 0.25) is 11.8 Å². The Balaban J connectivity index is 1.71. The first-order chi connectivity index (χ1) is 10.2. The third kappa shape index (κ3) is 3.11. The van der Waals surface area contributed by atoms with Crippen molar-refractivity contribution >= 4 is 0 Å². The van der Waals surface area contributed by atoms with Crippen LogP contribution in [0, 0.1) is 0 Å². The average Bonchev–Trinajstić information content (AvgIpc) is 2.98. The monoisotopic (exact) mass is 292 g/mol. The molecule has 0 bridgehead atoms. The number of nitrogens with zero attached hydrogens (tertiary/aromatic N) is 2. The normalized spacial score (nSPS) is 33.6. The van der Waals surface area contributed by atoms with E-state index in [-0.39, 0.29) is 12.0 Å². The number of nitrogens with two attached hydrogens (primary N) is 2. The summed E-state index contributed by atoms with van der Waals surface area (Å²) in [6, 6.07) is 0.309. The quantitative estimate of drug-likeness (QED) is 0.881. The van der Waals surface area contributed by atoms with E-state index < -0.39 is 0 Å². The highest BCUT2D eigenvalue weighted by atomic mass is 16.5.